The number of ether oxygens (including phenoxy) is 1. The lowest BCUT2D eigenvalue weighted by Crippen LogP contribution is -2.28. The van der Waals surface area contributed by atoms with Gasteiger partial charge in [0, 0.05) is 11.3 Å². The van der Waals surface area contributed by atoms with E-state index in [-0.39, 0.29) is 6.04 Å². The number of hydrogen-bond acceptors (Lipinski definition) is 4. The van der Waals surface area contributed by atoms with Crippen molar-refractivity contribution in [3.8, 4) is 5.75 Å². The topological polar surface area (TPSA) is 43.2 Å². The van der Waals surface area contributed by atoms with Gasteiger partial charge in [-0.1, -0.05) is 48.5 Å². The van der Waals surface area contributed by atoms with E-state index < -0.39 is 0 Å². The van der Waals surface area contributed by atoms with E-state index in [0.29, 0.717) is 0 Å². The number of nitrogens with zero attached hydrogens (tertiary/aromatic N) is 4. The van der Waals surface area contributed by atoms with Crippen LogP contribution in [0.15, 0.2) is 78.9 Å². The highest BCUT2D eigenvalue weighted by Gasteiger charge is 2.34. The molecule has 2 heterocycles. The quantitative estimate of drug-likeness (QED) is 0.449. The van der Waals surface area contributed by atoms with E-state index in [1.165, 1.54) is 5.56 Å². The molecular weight excluding hydrogens is 348 g/mol. The summed E-state index contributed by atoms with van der Waals surface area (Å²) in [6.07, 6.45) is 0. The molecule has 5 nitrogen and oxygen atoms in total. The molecule has 1 aliphatic heterocycles. The first-order valence-electron chi connectivity index (χ1n) is 9.27. The second-order valence-electron chi connectivity index (χ2n) is 6.81. The van der Waals surface area contributed by atoms with Gasteiger partial charge in [0.15, 0.2) is 0 Å². The van der Waals surface area contributed by atoms with Gasteiger partial charge in [0.25, 0.3) is 0 Å². The second kappa shape index (κ2) is 6.53. The van der Waals surface area contributed by atoms with Crippen LogP contribution in [-0.2, 0) is 0 Å². The Hall–Kier alpha value is -3.60. The Bertz CT molecular complexity index is 1120. The van der Waals surface area contributed by atoms with Crippen molar-refractivity contribution >= 4 is 17.3 Å². The van der Waals surface area contributed by atoms with Crippen LogP contribution in [0.5, 0.6) is 5.75 Å². The Kier molecular flexibility index (Phi) is 3.86. The van der Waals surface area contributed by atoms with Gasteiger partial charge >= 0.3 is 0 Å². The molecule has 0 saturated heterocycles. The predicted octanol–water partition coefficient (Wildman–Crippen LogP) is 5.02. The van der Waals surface area contributed by atoms with Crippen LogP contribution < -0.4 is 9.64 Å². The summed E-state index contributed by atoms with van der Waals surface area (Å²) in [5, 5.41) is 4.76. The van der Waals surface area contributed by atoms with Crippen molar-refractivity contribution in [3.05, 3.63) is 95.8 Å². The molecule has 1 aromatic heterocycles. The van der Waals surface area contributed by atoms with Gasteiger partial charge in [-0.05, 0) is 42.8 Å². The number of rotatable bonds is 3. The van der Waals surface area contributed by atoms with Crippen LogP contribution in [-0.4, -0.2) is 21.9 Å². The third-order valence-electron chi connectivity index (χ3n) is 5.08. The van der Waals surface area contributed by atoms with Gasteiger partial charge < -0.3 is 4.74 Å². The highest BCUT2D eigenvalue weighted by molar-refractivity contribution is 5.78. The van der Waals surface area contributed by atoms with Crippen LogP contribution in [0.2, 0.25) is 0 Å². The molecule has 138 valence electrons. The minimum atomic E-state index is -0.0433. The molecule has 4 aromatic rings. The highest BCUT2D eigenvalue weighted by atomic mass is 16.5. The average molecular weight is 368 g/mol. The fraction of sp³-hybridized carbons (Fsp3) is 0.130. The summed E-state index contributed by atoms with van der Waals surface area (Å²) < 4.78 is 7.35. The van der Waals surface area contributed by atoms with E-state index in [2.05, 4.69) is 53.4 Å². The first kappa shape index (κ1) is 16.6. The van der Waals surface area contributed by atoms with E-state index in [0.717, 1.165) is 34.5 Å². The molecule has 28 heavy (non-hydrogen) atoms. The summed E-state index contributed by atoms with van der Waals surface area (Å²) in [5.41, 5.74) is 4.52. The van der Waals surface area contributed by atoms with E-state index in [9.17, 15) is 0 Å². The molecule has 1 unspecified atom stereocenters. The first-order valence-corrected chi connectivity index (χ1v) is 9.27. The Morgan fingerprint density at radius 2 is 1.57 bits per heavy atom. The number of para-hydroxylation sites is 2. The SMILES string of the molecule is COc1ccc(C2c3ccccc3N(c3ccccc3)c3nc(C)nn32)cc1. The van der Waals surface area contributed by atoms with Crippen LogP contribution in [0.25, 0.3) is 0 Å². The molecule has 0 bridgehead atoms. The van der Waals surface area contributed by atoms with Crippen LogP contribution in [0.4, 0.5) is 17.3 Å². The number of hydrogen-bond donors (Lipinski definition) is 0. The van der Waals surface area contributed by atoms with Crippen LogP contribution in [0.1, 0.15) is 23.0 Å². The third-order valence-corrected chi connectivity index (χ3v) is 5.08. The van der Waals surface area contributed by atoms with Crippen LogP contribution in [0.3, 0.4) is 0 Å². The standard InChI is InChI=1S/C23H20N4O/c1-16-24-23-26(18-8-4-3-5-9-18)21-11-7-6-10-20(21)22(27(23)25-16)17-12-14-19(28-2)15-13-17/h3-15,22H,1-2H3. The Labute approximate surface area is 163 Å². The van der Waals surface area contributed by atoms with Gasteiger partial charge in [-0.2, -0.15) is 10.1 Å². The van der Waals surface area contributed by atoms with E-state index in [1.54, 1.807) is 7.11 Å². The maximum absolute atomic E-state index is 5.33. The van der Waals surface area contributed by atoms with Crippen molar-refractivity contribution in [1.82, 2.24) is 14.8 Å². The molecule has 0 spiro atoms. The predicted molar refractivity (Wildman–Crippen MR) is 110 cm³/mol. The number of benzene rings is 3. The molecule has 0 amide bonds. The molecule has 0 radical (unpaired) electrons. The minimum absolute atomic E-state index is 0.0433. The van der Waals surface area contributed by atoms with Crippen molar-refractivity contribution in [2.24, 2.45) is 0 Å². The number of aryl methyl sites for hydroxylation is 1. The maximum atomic E-state index is 5.33. The van der Waals surface area contributed by atoms with E-state index in [4.69, 9.17) is 14.8 Å². The fourth-order valence-corrected chi connectivity index (χ4v) is 3.85. The molecule has 3 aromatic carbocycles. The lowest BCUT2D eigenvalue weighted by Gasteiger charge is -2.35. The Morgan fingerprint density at radius 3 is 2.32 bits per heavy atom. The van der Waals surface area contributed by atoms with Gasteiger partial charge in [0.2, 0.25) is 5.95 Å². The van der Waals surface area contributed by atoms with Crippen molar-refractivity contribution in [3.63, 3.8) is 0 Å². The molecule has 5 heteroatoms. The zero-order valence-corrected chi connectivity index (χ0v) is 15.8. The molecule has 0 aliphatic carbocycles. The Balaban J connectivity index is 1.75. The largest absolute Gasteiger partial charge is 0.497 e. The number of aromatic nitrogens is 3. The molecule has 0 saturated carbocycles. The Morgan fingerprint density at radius 1 is 0.857 bits per heavy atom. The average Bonchev–Trinajstić information content (AvgIpc) is 3.13. The molecule has 1 atom stereocenters. The number of anilines is 3. The van der Waals surface area contributed by atoms with E-state index in [1.807, 2.05) is 41.9 Å². The number of methoxy groups -OCH3 is 1. The van der Waals surface area contributed by atoms with Crippen LogP contribution >= 0.6 is 0 Å². The first-order chi connectivity index (χ1) is 13.8. The minimum Gasteiger partial charge on any atom is -0.497 e. The number of fused-ring (bicyclic) bond motifs is 2. The van der Waals surface area contributed by atoms with Gasteiger partial charge in [0.1, 0.15) is 17.6 Å². The molecule has 0 N–H and O–H groups in total. The normalized spacial score (nSPS) is 15.1. The summed E-state index contributed by atoms with van der Waals surface area (Å²) >= 11 is 0. The lowest BCUT2D eigenvalue weighted by molar-refractivity contribution is 0.414. The van der Waals surface area contributed by atoms with Crippen LogP contribution in [0, 0.1) is 6.92 Å². The van der Waals surface area contributed by atoms with Gasteiger partial charge in [-0.3, -0.25) is 4.90 Å². The third kappa shape index (κ3) is 2.55. The summed E-state index contributed by atoms with van der Waals surface area (Å²) in [7, 11) is 1.68. The summed E-state index contributed by atoms with van der Waals surface area (Å²) in [6.45, 7) is 1.93. The molecule has 0 fully saturated rings. The van der Waals surface area contributed by atoms with Crippen molar-refractivity contribution in [2.45, 2.75) is 13.0 Å². The van der Waals surface area contributed by atoms with Gasteiger partial charge in [-0.25, -0.2) is 4.68 Å². The van der Waals surface area contributed by atoms with Gasteiger partial charge in [-0.15, -0.1) is 0 Å². The summed E-state index contributed by atoms with van der Waals surface area (Å²) in [6, 6.07) is 26.9. The molecule has 5 rings (SSSR count). The molecule has 1 aliphatic rings. The zero-order chi connectivity index (χ0) is 19.1. The molecular formula is C23H20N4O. The smallest absolute Gasteiger partial charge is 0.234 e. The fourth-order valence-electron chi connectivity index (χ4n) is 3.85. The van der Waals surface area contributed by atoms with Crippen molar-refractivity contribution in [2.75, 3.05) is 12.0 Å². The summed E-state index contributed by atoms with van der Waals surface area (Å²) in [4.78, 5) is 6.95. The van der Waals surface area contributed by atoms with E-state index >= 15 is 0 Å². The maximum Gasteiger partial charge on any atom is 0.234 e. The lowest BCUT2D eigenvalue weighted by atomic mass is 9.95. The zero-order valence-electron chi connectivity index (χ0n) is 15.8. The monoisotopic (exact) mass is 368 g/mol. The van der Waals surface area contributed by atoms with Gasteiger partial charge in [0.05, 0.1) is 12.8 Å². The van der Waals surface area contributed by atoms with Crippen molar-refractivity contribution in [1.29, 1.82) is 0 Å². The summed E-state index contributed by atoms with van der Waals surface area (Å²) in [5.74, 6) is 2.42. The second-order valence-corrected chi connectivity index (χ2v) is 6.81. The highest BCUT2D eigenvalue weighted by Crippen LogP contribution is 2.46. The van der Waals surface area contributed by atoms with Crippen molar-refractivity contribution < 1.29 is 4.74 Å².